The number of carbonyl (C=O) groups is 1. The lowest BCUT2D eigenvalue weighted by atomic mass is 9.86. The highest BCUT2D eigenvalue weighted by molar-refractivity contribution is 5.90. The van der Waals surface area contributed by atoms with E-state index >= 15 is 0 Å². The van der Waals surface area contributed by atoms with Crippen LogP contribution in [-0.4, -0.2) is 56.8 Å². The van der Waals surface area contributed by atoms with Crippen LogP contribution in [0.3, 0.4) is 0 Å². The molecule has 4 rings (SSSR count). The van der Waals surface area contributed by atoms with E-state index in [-0.39, 0.29) is 5.91 Å². The predicted octanol–water partition coefficient (Wildman–Crippen LogP) is 4.82. The monoisotopic (exact) mass is 505 g/mol. The number of hydrogen-bond donors (Lipinski definition) is 2. The zero-order valence-corrected chi connectivity index (χ0v) is 22.4. The first-order valence-electron chi connectivity index (χ1n) is 13.1. The van der Waals surface area contributed by atoms with Crippen molar-refractivity contribution in [1.82, 2.24) is 15.3 Å². The average Bonchev–Trinajstić information content (AvgIpc) is 2.92. The van der Waals surface area contributed by atoms with Gasteiger partial charge in [-0.15, -0.1) is 0 Å². The second-order valence-corrected chi connectivity index (χ2v) is 9.99. The van der Waals surface area contributed by atoms with Crippen LogP contribution >= 0.6 is 0 Å². The van der Waals surface area contributed by atoms with Crippen LogP contribution in [-0.2, 0) is 11.2 Å². The maximum absolute atomic E-state index is 12.4. The van der Waals surface area contributed by atoms with Gasteiger partial charge in [0.1, 0.15) is 5.82 Å². The van der Waals surface area contributed by atoms with Crippen molar-refractivity contribution >= 4 is 28.6 Å². The van der Waals surface area contributed by atoms with Crippen LogP contribution in [0.15, 0.2) is 42.5 Å². The van der Waals surface area contributed by atoms with Crippen molar-refractivity contribution in [1.29, 1.82) is 0 Å². The molecule has 0 bridgehead atoms. The third-order valence-corrected chi connectivity index (χ3v) is 7.09. The van der Waals surface area contributed by atoms with Gasteiger partial charge in [-0.05, 0) is 74.3 Å². The molecule has 0 spiro atoms. The fourth-order valence-electron chi connectivity index (χ4n) is 4.99. The van der Waals surface area contributed by atoms with Crippen molar-refractivity contribution in [2.24, 2.45) is 5.92 Å². The third kappa shape index (κ3) is 7.02. The van der Waals surface area contributed by atoms with Crippen molar-refractivity contribution in [3.05, 3.63) is 48.0 Å². The summed E-state index contributed by atoms with van der Waals surface area (Å²) in [5.74, 6) is 3.70. The lowest BCUT2D eigenvalue weighted by Gasteiger charge is -2.29. The van der Waals surface area contributed by atoms with E-state index in [0.717, 1.165) is 78.9 Å². The molecule has 0 unspecified atom stereocenters. The zero-order valence-electron chi connectivity index (χ0n) is 22.4. The molecule has 1 saturated carbocycles. The van der Waals surface area contributed by atoms with Crippen LogP contribution in [0.25, 0.3) is 10.9 Å². The van der Waals surface area contributed by atoms with Crippen LogP contribution < -0.4 is 25.0 Å². The van der Waals surface area contributed by atoms with E-state index in [1.807, 2.05) is 55.4 Å². The molecule has 0 aliphatic heterocycles. The van der Waals surface area contributed by atoms with Gasteiger partial charge < -0.3 is 25.0 Å². The maximum atomic E-state index is 12.4. The minimum Gasteiger partial charge on any atom is -0.493 e. The first kappa shape index (κ1) is 26.5. The normalized spacial score (nSPS) is 17.3. The van der Waals surface area contributed by atoms with E-state index in [4.69, 9.17) is 19.4 Å². The van der Waals surface area contributed by atoms with Crippen LogP contribution in [0.1, 0.15) is 44.1 Å². The Morgan fingerprint density at radius 2 is 1.76 bits per heavy atom. The van der Waals surface area contributed by atoms with E-state index in [0.29, 0.717) is 24.3 Å². The van der Waals surface area contributed by atoms with Gasteiger partial charge in [-0.25, -0.2) is 4.98 Å². The molecular weight excluding hydrogens is 466 g/mol. The molecule has 1 fully saturated rings. The highest BCUT2D eigenvalue weighted by Crippen LogP contribution is 2.29. The van der Waals surface area contributed by atoms with Crippen molar-refractivity contribution < 1.29 is 14.3 Å². The number of aryl methyl sites for hydroxylation is 1. The lowest BCUT2D eigenvalue weighted by Crippen LogP contribution is -2.34. The van der Waals surface area contributed by atoms with Crippen molar-refractivity contribution in [3.8, 4) is 11.5 Å². The van der Waals surface area contributed by atoms with E-state index in [9.17, 15) is 4.79 Å². The van der Waals surface area contributed by atoms with Gasteiger partial charge in [0.25, 0.3) is 0 Å². The summed E-state index contributed by atoms with van der Waals surface area (Å²) in [5.41, 5.74) is 2.09. The number of rotatable bonds is 11. The molecule has 8 nitrogen and oxygen atoms in total. The molecule has 198 valence electrons. The Morgan fingerprint density at radius 3 is 2.49 bits per heavy atom. The summed E-state index contributed by atoms with van der Waals surface area (Å²) in [5, 5.41) is 7.77. The van der Waals surface area contributed by atoms with Gasteiger partial charge in [0.05, 0.1) is 19.7 Å². The second kappa shape index (κ2) is 12.6. The van der Waals surface area contributed by atoms with E-state index < -0.39 is 0 Å². The fourth-order valence-corrected chi connectivity index (χ4v) is 4.99. The van der Waals surface area contributed by atoms with Crippen molar-refractivity contribution in [2.75, 3.05) is 45.1 Å². The molecule has 2 N–H and O–H groups in total. The third-order valence-electron chi connectivity index (χ3n) is 7.09. The Kier molecular flexibility index (Phi) is 9.04. The molecule has 1 heterocycles. The Labute approximate surface area is 219 Å². The fraction of sp³-hybridized carbons (Fsp3) is 0.483. The van der Waals surface area contributed by atoms with E-state index in [2.05, 4.69) is 16.7 Å². The number of nitrogens with one attached hydrogen (secondary N) is 2. The lowest BCUT2D eigenvalue weighted by molar-refractivity contribution is -0.121. The standard InChI is InChI=1S/C29H39N5O3/c1-34(2)28-23-9-5-6-10-24(23)32-29(33-28)31-22-15-12-21(13-16-22)19-30-27(35)11-7-8-20-14-17-25(36-3)26(18-20)37-4/h5-6,9-10,14,17-18,21-22H,7-8,11-13,15-16,19H2,1-4H3,(H,30,35)(H,31,32,33). The highest BCUT2D eigenvalue weighted by Gasteiger charge is 2.22. The number of amides is 1. The molecule has 3 aromatic rings. The second-order valence-electron chi connectivity index (χ2n) is 9.99. The molecule has 1 amide bonds. The number of benzene rings is 2. The molecule has 2 aromatic carbocycles. The van der Waals surface area contributed by atoms with Gasteiger partial charge in [0.2, 0.25) is 11.9 Å². The first-order valence-corrected chi connectivity index (χ1v) is 13.1. The maximum Gasteiger partial charge on any atom is 0.225 e. The molecule has 37 heavy (non-hydrogen) atoms. The van der Waals surface area contributed by atoms with Gasteiger partial charge in [-0.3, -0.25) is 4.79 Å². The smallest absolute Gasteiger partial charge is 0.225 e. The number of anilines is 2. The number of methoxy groups -OCH3 is 2. The van der Waals surface area contributed by atoms with Crippen LogP contribution in [0.4, 0.5) is 11.8 Å². The predicted molar refractivity (Wildman–Crippen MR) is 149 cm³/mol. The number of hydrogen-bond acceptors (Lipinski definition) is 7. The summed E-state index contributed by atoms with van der Waals surface area (Å²) >= 11 is 0. The Bertz CT molecular complexity index is 1190. The summed E-state index contributed by atoms with van der Waals surface area (Å²) in [6, 6.07) is 14.4. The summed E-state index contributed by atoms with van der Waals surface area (Å²) in [7, 11) is 7.28. The topological polar surface area (TPSA) is 88.6 Å². The molecule has 1 aromatic heterocycles. The largest absolute Gasteiger partial charge is 0.493 e. The SMILES string of the molecule is COc1ccc(CCCC(=O)NCC2CCC(Nc3nc(N(C)C)c4ccccc4n3)CC2)cc1OC. The number of fused-ring (bicyclic) bond motifs is 1. The van der Waals surface area contributed by atoms with E-state index in [1.165, 1.54) is 0 Å². The molecule has 1 aliphatic rings. The minimum absolute atomic E-state index is 0.126. The average molecular weight is 506 g/mol. The number of nitrogens with zero attached hydrogens (tertiary/aromatic N) is 3. The van der Waals surface area contributed by atoms with Crippen LogP contribution in [0.5, 0.6) is 11.5 Å². The summed E-state index contributed by atoms with van der Waals surface area (Å²) in [4.78, 5) is 24.0. The first-order chi connectivity index (χ1) is 18.0. The van der Waals surface area contributed by atoms with Crippen LogP contribution in [0.2, 0.25) is 0 Å². The Morgan fingerprint density at radius 1 is 1.00 bits per heavy atom. The van der Waals surface area contributed by atoms with Gasteiger partial charge in [-0.2, -0.15) is 4.98 Å². The number of carbonyl (C=O) groups excluding carboxylic acids is 1. The van der Waals surface area contributed by atoms with Crippen molar-refractivity contribution in [2.45, 2.75) is 51.0 Å². The van der Waals surface area contributed by atoms with Gasteiger partial charge in [0, 0.05) is 38.5 Å². The number of para-hydroxylation sites is 1. The molecular formula is C29H39N5O3. The summed E-state index contributed by atoms with van der Waals surface area (Å²) in [6.45, 7) is 0.749. The minimum atomic E-state index is 0.126. The number of ether oxygens (including phenoxy) is 2. The van der Waals surface area contributed by atoms with E-state index in [1.54, 1.807) is 14.2 Å². The van der Waals surface area contributed by atoms with Crippen molar-refractivity contribution in [3.63, 3.8) is 0 Å². The molecule has 8 heteroatoms. The highest BCUT2D eigenvalue weighted by atomic mass is 16.5. The summed E-state index contributed by atoms with van der Waals surface area (Å²) in [6.07, 6.45) is 6.42. The molecule has 0 saturated heterocycles. The zero-order chi connectivity index (χ0) is 26.2. The number of aromatic nitrogens is 2. The van der Waals surface area contributed by atoms with Crippen LogP contribution in [0, 0.1) is 5.92 Å². The molecule has 0 atom stereocenters. The quantitative estimate of drug-likeness (QED) is 0.386. The van der Waals surface area contributed by atoms with Gasteiger partial charge >= 0.3 is 0 Å². The Hall–Kier alpha value is -3.55. The van der Waals surface area contributed by atoms with Gasteiger partial charge in [0.15, 0.2) is 11.5 Å². The molecule has 1 aliphatic carbocycles. The van der Waals surface area contributed by atoms with Gasteiger partial charge in [-0.1, -0.05) is 18.2 Å². The Balaban J connectivity index is 1.18. The summed E-state index contributed by atoms with van der Waals surface area (Å²) < 4.78 is 10.7. The molecule has 0 radical (unpaired) electrons.